The second-order valence-corrected chi connectivity index (χ2v) is 4.17. The van der Waals surface area contributed by atoms with Crippen LogP contribution in [-0.2, 0) is 7.05 Å². The number of aromatic nitrogens is 1. The van der Waals surface area contributed by atoms with Gasteiger partial charge >= 0.3 is 0 Å². The van der Waals surface area contributed by atoms with Crippen molar-refractivity contribution in [2.24, 2.45) is 7.05 Å². The van der Waals surface area contributed by atoms with Crippen LogP contribution in [0.4, 0.5) is 20.2 Å². The summed E-state index contributed by atoms with van der Waals surface area (Å²) in [4.78, 5) is 23.1. The highest BCUT2D eigenvalue weighted by molar-refractivity contribution is 6.04. The van der Waals surface area contributed by atoms with E-state index >= 15 is 0 Å². The zero-order chi connectivity index (χ0) is 14.9. The Hall–Kier alpha value is -2.70. The summed E-state index contributed by atoms with van der Waals surface area (Å²) in [6.07, 6.45) is 1.38. The summed E-state index contributed by atoms with van der Waals surface area (Å²) in [5.74, 6) is -2.73. The molecule has 0 aliphatic carbocycles. The van der Waals surface area contributed by atoms with Crippen molar-refractivity contribution in [3.05, 3.63) is 58.0 Å². The van der Waals surface area contributed by atoms with Gasteiger partial charge in [-0.3, -0.25) is 9.59 Å². The number of benzene rings is 1. The van der Waals surface area contributed by atoms with Crippen LogP contribution < -0.4 is 16.6 Å². The molecule has 2 rings (SSSR count). The fourth-order valence-corrected chi connectivity index (χ4v) is 1.61. The van der Waals surface area contributed by atoms with E-state index < -0.39 is 17.5 Å². The Morgan fingerprint density at radius 3 is 2.60 bits per heavy atom. The monoisotopic (exact) mass is 279 g/mol. The summed E-state index contributed by atoms with van der Waals surface area (Å²) in [6.45, 7) is 0. The molecule has 0 aliphatic rings. The topological polar surface area (TPSA) is 77.1 Å². The van der Waals surface area contributed by atoms with Crippen molar-refractivity contribution >= 4 is 17.3 Å². The number of nitrogen functional groups attached to an aromatic ring is 1. The number of nitrogens with two attached hydrogens (primary N) is 1. The molecule has 0 spiro atoms. The predicted molar refractivity (Wildman–Crippen MR) is 70.4 cm³/mol. The number of anilines is 2. The van der Waals surface area contributed by atoms with Crippen molar-refractivity contribution in [3.63, 3.8) is 0 Å². The first-order valence-electron chi connectivity index (χ1n) is 5.61. The molecule has 2 aromatic rings. The summed E-state index contributed by atoms with van der Waals surface area (Å²) in [7, 11) is 1.51. The van der Waals surface area contributed by atoms with E-state index in [-0.39, 0.29) is 16.8 Å². The van der Waals surface area contributed by atoms with Crippen molar-refractivity contribution < 1.29 is 13.6 Å². The molecular formula is C13H11F2N3O2. The minimum Gasteiger partial charge on any atom is -0.396 e. The first kappa shape index (κ1) is 13.7. The Labute approximate surface area is 112 Å². The maximum absolute atomic E-state index is 13.5. The highest BCUT2D eigenvalue weighted by Gasteiger charge is 2.15. The van der Waals surface area contributed by atoms with Crippen LogP contribution in [0.2, 0.25) is 0 Å². The fourth-order valence-electron chi connectivity index (χ4n) is 1.61. The van der Waals surface area contributed by atoms with Gasteiger partial charge in [-0.1, -0.05) is 0 Å². The summed E-state index contributed by atoms with van der Waals surface area (Å²) in [6, 6.07) is 4.10. The lowest BCUT2D eigenvalue weighted by molar-refractivity contribution is 0.102. The van der Waals surface area contributed by atoms with E-state index in [0.29, 0.717) is 11.8 Å². The molecule has 0 aliphatic heterocycles. The maximum atomic E-state index is 13.5. The Kier molecular flexibility index (Phi) is 3.51. The van der Waals surface area contributed by atoms with Gasteiger partial charge in [0.25, 0.3) is 5.91 Å². The van der Waals surface area contributed by atoms with Crippen LogP contribution in [0.5, 0.6) is 0 Å². The number of carbonyl (C=O) groups is 1. The van der Waals surface area contributed by atoms with Crippen LogP contribution in [0.15, 0.2) is 35.3 Å². The molecule has 20 heavy (non-hydrogen) atoms. The molecular weight excluding hydrogens is 268 g/mol. The molecule has 0 bridgehead atoms. The molecule has 3 N–H and O–H groups in total. The molecule has 5 nitrogen and oxygen atoms in total. The smallest absolute Gasteiger partial charge is 0.258 e. The highest BCUT2D eigenvalue weighted by Crippen LogP contribution is 2.18. The van der Waals surface area contributed by atoms with E-state index in [1.807, 2.05) is 0 Å². The summed E-state index contributed by atoms with van der Waals surface area (Å²) >= 11 is 0. The minimum atomic E-state index is -1.01. The maximum Gasteiger partial charge on any atom is 0.258 e. The average Bonchev–Trinajstić information content (AvgIpc) is 2.38. The second-order valence-electron chi connectivity index (χ2n) is 4.17. The summed E-state index contributed by atoms with van der Waals surface area (Å²) in [5.41, 5.74) is 4.65. The molecule has 7 heteroatoms. The molecule has 0 saturated carbocycles. The molecule has 0 radical (unpaired) electrons. The largest absolute Gasteiger partial charge is 0.396 e. The molecule has 1 amide bonds. The predicted octanol–water partition coefficient (Wildman–Crippen LogP) is 1.50. The van der Waals surface area contributed by atoms with Gasteiger partial charge < -0.3 is 15.6 Å². The van der Waals surface area contributed by atoms with Gasteiger partial charge in [-0.05, 0) is 12.1 Å². The van der Waals surface area contributed by atoms with Crippen molar-refractivity contribution in [1.82, 2.24) is 4.57 Å². The number of pyridine rings is 1. The molecule has 0 saturated heterocycles. The quantitative estimate of drug-likeness (QED) is 0.818. The van der Waals surface area contributed by atoms with Crippen LogP contribution in [0.25, 0.3) is 0 Å². The van der Waals surface area contributed by atoms with E-state index in [2.05, 4.69) is 5.32 Å². The molecule has 0 atom stereocenters. The first-order chi connectivity index (χ1) is 9.38. The van der Waals surface area contributed by atoms with Gasteiger partial charge in [0.2, 0.25) is 5.56 Å². The van der Waals surface area contributed by atoms with Crippen LogP contribution in [0, 0.1) is 11.6 Å². The lowest BCUT2D eigenvalue weighted by Crippen LogP contribution is -2.19. The summed E-state index contributed by atoms with van der Waals surface area (Å²) < 4.78 is 27.8. The third-order valence-electron chi connectivity index (χ3n) is 2.67. The van der Waals surface area contributed by atoms with Crippen LogP contribution in [-0.4, -0.2) is 10.5 Å². The van der Waals surface area contributed by atoms with E-state index in [1.54, 1.807) is 0 Å². The number of nitrogens with zero attached hydrogens (tertiary/aromatic N) is 1. The van der Waals surface area contributed by atoms with E-state index in [0.717, 1.165) is 6.07 Å². The van der Waals surface area contributed by atoms with E-state index in [1.165, 1.54) is 29.9 Å². The number of halogens is 2. The average molecular weight is 279 g/mol. The molecule has 1 aromatic heterocycles. The van der Waals surface area contributed by atoms with Crippen molar-refractivity contribution in [2.45, 2.75) is 0 Å². The number of nitrogens with one attached hydrogen (secondary N) is 1. The Morgan fingerprint density at radius 1 is 1.25 bits per heavy atom. The molecule has 0 fully saturated rings. The first-order valence-corrected chi connectivity index (χ1v) is 5.61. The number of amides is 1. The van der Waals surface area contributed by atoms with Gasteiger partial charge in [-0.25, -0.2) is 8.78 Å². The van der Waals surface area contributed by atoms with Crippen molar-refractivity contribution in [3.8, 4) is 0 Å². The third kappa shape index (κ3) is 2.66. The number of aryl methyl sites for hydroxylation is 1. The SMILES string of the molecule is Cn1cc(NC(=O)c2cc(N)c(F)cc2F)ccc1=O. The zero-order valence-corrected chi connectivity index (χ0v) is 10.5. The van der Waals surface area contributed by atoms with Gasteiger partial charge in [0.05, 0.1) is 16.9 Å². The van der Waals surface area contributed by atoms with Crippen molar-refractivity contribution in [2.75, 3.05) is 11.1 Å². The number of hydrogen-bond donors (Lipinski definition) is 2. The lowest BCUT2D eigenvalue weighted by atomic mass is 10.1. The van der Waals surface area contributed by atoms with Crippen molar-refractivity contribution in [1.29, 1.82) is 0 Å². The van der Waals surface area contributed by atoms with E-state index in [4.69, 9.17) is 5.73 Å². The third-order valence-corrected chi connectivity index (χ3v) is 2.67. The van der Waals surface area contributed by atoms with Gasteiger partial charge in [0.1, 0.15) is 11.6 Å². The van der Waals surface area contributed by atoms with Gasteiger partial charge in [-0.2, -0.15) is 0 Å². The lowest BCUT2D eigenvalue weighted by Gasteiger charge is -2.08. The molecule has 104 valence electrons. The summed E-state index contributed by atoms with van der Waals surface area (Å²) in [5, 5.41) is 2.40. The standard InChI is InChI=1S/C13H11F2N3O2/c1-18-6-7(2-3-12(18)19)17-13(20)8-4-11(16)10(15)5-9(8)14/h2-6H,16H2,1H3,(H,17,20). The van der Waals surface area contributed by atoms with Gasteiger partial charge in [0.15, 0.2) is 0 Å². The Morgan fingerprint density at radius 2 is 1.95 bits per heavy atom. The van der Waals surface area contributed by atoms with Crippen LogP contribution in [0.3, 0.4) is 0 Å². The van der Waals surface area contributed by atoms with Gasteiger partial charge in [-0.15, -0.1) is 0 Å². The molecule has 1 aromatic carbocycles. The van der Waals surface area contributed by atoms with Crippen LogP contribution in [0.1, 0.15) is 10.4 Å². The molecule has 0 unspecified atom stereocenters. The van der Waals surface area contributed by atoms with E-state index in [9.17, 15) is 18.4 Å². The minimum absolute atomic E-state index is 0.250. The Bertz CT molecular complexity index is 741. The fraction of sp³-hybridized carbons (Fsp3) is 0.0769. The van der Waals surface area contributed by atoms with Crippen LogP contribution >= 0.6 is 0 Å². The second kappa shape index (κ2) is 5.12. The highest BCUT2D eigenvalue weighted by atomic mass is 19.1. The molecule has 1 heterocycles. The number of carbonyl (C=O) groups excluding carboxylic acids is 1. The number of rotatable bonds is 2. The zero-order valence-electron chi connectivity index (χ0n) is 10.5. The van der Waals surface area contributed by atoms with Gasteiger partial charge in [0, 0.05) is 25.4 Å². The normalized spacial score (nSPS) is 10.3. The number of hydrogen-bond acceptors (Lipinski definition) is 3. The Balaban J connectivity index is 2.30.